The second-order valence-corrected chi connectivity index (χ2v) is 17.7. The maximum absolute atomic E-state index is 13.7. The molecule has 0 saturated heterocycles. The van der Waals surface area contributed by atoms with Crippen molar-refractivity contribution in [3.8, 4) is 10.6 Å². The summed E-state index contributed by atoms with van der Waals surface area (Å²) in [6.07, 6.45) is 0. The molecule has 0 spiro atoms. The van der Waals surface area contributed by atoms with E-state index in [9.17, 15) is 55.1 Å². The summed E-state index contributed by atoms with van der Waals surface area (Å²) >= 11 is 7.19. The van der Waals surface area contributed by atoms with E-state index in [0.29, 0.717) is 37.4 Å². The number of thiazole rings is 4. The minimum Gasteiger partial charge on any atom is -0.461 e. The van der Waals surface area contributed by atoms with Crippen LogP contribution in [-0.4, -0.2) is 67.1 Å². The van der Waals surface area contributed by atoms with E-state index >= 15 is 0 Å². The number of Topliss-reactive ketones (excluding diaryl/α,β-unsaturated/α-hetero) is 2. The minimum atomic E-state index is -0.961. The van der Waals surface area contributed by atoms with Crippen LogP contribution in [0.15, 0.2) is 60.0 Å². The zero-order valence-corrected chi connectivity index (χ0v) is 40.5. The fourth-order valence-electron chi connectivity index (χ4n) is 5.52. The molecule has 0 aliphatic rings. The molecule has 7 rings (SSSR count). The van der Waals surface area contributed by atoms with Crippen LogP contribution in [0.25, 0.3) is 10.6 Å². The van der Waals surface area contributed by atoms with Crippen molar-refractivity contribution in [2.24, 2.45) is 0 Å². The summed E-state index contributed by atoms with van der Waals surface area (Å²) < 4.78 is 86.2. The third-order valence-corrected chi connectivity index (χ3v) is 13.2. The number of ether oxygens (including phenoxy) is 1. The summed E-state index contributed by atoms with van der Waals surface area (Å²) in [6, 6.07) is 9.49. The molecule has 14 nitrogen and oxygen atoms in total. The monoisotopic (exact) mass is 1080 g/mol. The number of amides is 3. The lowest BCUT2D eigenvalue weighted by Gasteiger charge is -2.04. The standard InChI is InChI=1S/C17H13F2N3O3S2.C13H9BrF2N2O2S.C13H10F2N2O2S/c1-3-25-16(24)15-21-11(7-26-15)13-8(2)20-17(27-13)22-14(23)12-9(18)5-4-6-10(12)19;1-6-11(9(19)5-14)21-13(17-6)18-12(20)10-7(15)3-2-4-8(10)16;1-6-11(7(2)18)20-13(16-6)17-12(19)10-8(14)4-3-5-9(10)15/h4-7H,3H2,1-2H3,(H,20,22,23);2-4H,5H2,1H3,(H,17,18,20);3-5H,1-2H3,(H,16,17,19). The Balaban J connectivity index is 0.000000194. The van der Waals surface area contributed by atoms with Crippen LogP contribution in [0.4, 0.5) is 41.7 Å². The number of carbonyl (C=O) groups is 6. The Hall–Kier alpha value is -6.54. The minimum absolute atomic E-state index is 0.115. The normalized spacial score (nSPS) is 10.5. The van der Waals surface area contributed by atoms with Gasteiger partial charge in [-0.15, -0.1) is 11.3 Å². The van der Waals surface area contributed by atoms with Crippen LogP contribution in [0.5, 0.6) is 0 Å². The summed E-state index contributed by atoms with van der Waals surface area (Å²) in [6.45, 7) is 8.26. The molecule has 0 unspecified atom stereocenters. The highest BCUT2D eigenvalue weighted by molar-refractivity contribution is 9.09. The fourth-order valence-corrected chi connectivity index (χ4v) is 9.44. The predicted octanol–water partition coefficient (Wildman–Crippen LogP) is 11.0. The van der Waals surface area contributed by atoms with Gasteiger partial charge in [-0.05, 0) is 64.1 Å². The van der Waals surface area contributed by atoms with Crippen molar-refractivity contribution in [2.75, 3.05) is 27.9 Å². The number of nitrogens with zero attached hydrogens (tertiary/aromatic N) is 4. The lowest BCUT2D eigenvalue weighted by Crippen LogP contribution is -2.15. The molecule has 0 aliphatic heterocycles. The van der Waals surface area contributed by atoms with Gasteiger partial charge in [0, 0.05) is 12.3 Å². The van der Waals surface area contributed by atoms with E-state index in [1.165, 1.54) is 25.1 Å². The number of rotatable bonds is 12. The topological polar surface area (TPSA) is 199 Å². The first-order valence-electron chi connectivity index (χ1n) is 19.2. The Morgan fingerprint density at radius 2 is 0.971 bits per heavy atom. The van der Waals surface area contributed by atoms with Gasteiger partial charge in [-0.25, -0.2) is 51.1 Å². The van der Waals surface area contributed by atoms with E-state index in [-0.39, 0.29) is 43.9 Å². The number of esters is 1. The molecule has 0 aliphatic carbocycles. The van der Waals surface area contributed by atoms with Crippen LogP contribution in [0.2, 0.25) is 0 Å². The molecule has 354 valence electrons. The maximum Gasteiger partial charge on any atom is 0.367 e. The van der Waals surface area contributed by atoms with Crippen LogP contribution < -0.4 is 16.0 Å². The Morgan fingerprint density at radius 1 is 0.588 bits per heavy atom. The second kappa shape index (κ2) is 23.5. The van der Waals surface area contributed by atoms with Gasteiger partial charge < -0.3 is 4.74 Å². The number of benzene rings is 3. The summed E-state index contributed by atoms with van der Waals surface area (Å²) in [4.78, 5) is 88.3. The Bertz CT molecular complexity index is 3010. The number of anilines is 3. The molecule has 25 heteroatoms. The molecule has 4 aromatic heterocycles. The molecule has 7 aromatic rings. The number of aryl methyl sites for hydroxylation is 3. The zero-order valence-electron chi connectivity index (χ0n) is 35.6. The van der Waals surface area contributed by atoms with Gasteiger partial charge in [0.15, 0.2) is 27.0 Å². The van der Waals surface area contributed by atoms with Crippen molar-refractivity contribution < 1.29 is 59.8 Å². The Labute approximate surface area is 406 Å². The number of nitrogens with one attached hydrogen (secondary N) is 3. The highest BCUT2D eigenvalue weighted by atomic mass is 79.9. The van der Waals surface area contributed by atoms with E-state index in [1.54, 1.807) is 33.1 Å². The molecular weight excluding hydrogens is 1050 g/mol. The van der Waals surface area contributed by atoms with Crippen LogP contribution in [-0.2, 0) is 4.74 Å². The zero-order chi connectivity index (χ0) is 50.0. The van der Waals surface area contributed by atoms with Gasteiger partial charge >= 0.3 is 5.97 Å². The first kappa shape index (κ1) is 52.4. The molecule has 0 saturated carbocycles. The number of aromatic nitrogens is 4. The molecule has 3 aromatic carbocycles. The fraction of sp³-hybridized carbons (Fsp3) is 0.163. The predicted molar refractivity (Wildman–Crippen MR) is 249 cm³/mol. The van der Waals surface area contributed by atoms with E-state index in [0.717, 1.165) is 81.7 Å². The van der Waals surface area contributed by atoms with Gasteiger partial charge in [-0.1, -0.05) is 68.1 Å². The first-order chi connectivity index (χ1) is 32.2. The lowest BCUT2D eigenvalue weighted by atomic mass is 10.2. The summed E-state index contributed by atoms with van der Waals surface area (Å²) in [5.74, 6) is -9.45. The van der Waals surface area contributed by atoms with Crippen LogP contribution in [0.1, 0.15) is 91.1 Å². The smallest absolute Gasteiger partial charge is 0.367 e. The highest BCUT2D eigenvalue weighted by Crippen LogP contribution is 2.34. The number of carbonyl (C=O) groups excluding carboxylic acids is 6. The molecule has 0 radical (unpaired) electrons. The van der Waals surface area contributed by atoms with Crippen molar-refractivity contribution in [3.63, 3.8) is 0 Å². The van der Waals surface area contributed by atoms with Crippen molar-refractivity contribution >= 4 is 112 Å². The molecule has 0 bridgehead atoms. The first-order valence-corrected chi connectivity index (χ1v) is 23.6. The van der Waals surface area contributed by atoms with Crippen LogP contribution in [0, 0.1) is 55.7 Å². The van der Waals surface area contributed by atoms with Gasteiger partial charge in [0.25, 0.3) is 17.7 Å². The van der Waals surface area contributed by atoms with Crippen molar-refractivity contribution in [3.05, 3.63) is 143 Å². The molecule has 4 heterocycles. The largest absolute Gasteiger partial charge is 0.461 e. The van der Waals surface area contributed by atoms with E-state index in [4.69, 9.17) is 4.74 Å². The number of halogens is 7. The summed E-state index contributed by atoms with van der Waals surface area (Å²) in [5, 5.41) is 9.41. The molecule has 68 heavy (non-hydrogen) atoms. The second-order valence-electron chi connectivity index (χ2n) is 13.3. The van der Waals surface area contributed by atoms with Crippen molar-refractivity contribution in [1.29, 1.82) is 0 Å². The molecule has 3 amide bonds. The van der Waals surface area contributed by atoms with Gasteiger partial charge in [-0.2, -0.15) is 0 Å². The number of alkyl halides is 1. The molecular formula is C43H32BrF6N7O7S4. The Morgan fingerprint density at radius 3 is 1.35 bits per heavy atom. The Kier molecular flexibility index (Phi) is 18.1. The number of hydrogen-bond donors (Lipinski definition) is 3. The third kappa shape index (κ3) is 12.9. The number of hydrogen-bond acceptors (Lipinski definition) is 15. The van der Waals surface area contributed by atoms with Crippen molar-refractivity contribution in [1.82, 2.24) is 19.9 Å². The summed E-state index contributed by atoms with van der Waals surface area (Å²) in [7, 11) is 0. The van der Waals surface area contributed by atoms with Gasteiger partial charge in [-0.3, -0.25) is 39.9 Å². The number of ketones is 2. The molecule has 3 N–H and O–H groups in total. The van der Waals surface area contributed by atoms with E-state index < -0.39 is 75.3 Å². The average Bonchev–Trinajstić information content (AvgIpc) is 4.07. The lowest BCUT2D eigenvalue weighted by molar-refractivity contribution is 0.0525. The third-order valence-electron chi connectivity index (χ3n) is 8.50. The molecule has 0 atom stereocenters. The van der Waals surface area contributed by atoms with Gasteiger partial charge in [0.2, 0.25) is 5.01 Å². The van der Waals surface area contributed by atoms with Gasteiger partial charge in [0.05, 0.1) is 49.3 Å². The average molecular weight is 1080 g/mol. The SMILES string of the molecule is CC(=O)c1sc(NC(=O)c2c(F)cccc2F)nc1C.CCOC(=O)c1nc(-c2sc(NC(=O)c3c(F)cccc3F)nc2C)cs1.Cc1nc(NC(=O)c2c(F)cccc2F)sc1C(=O)CBr. The van der Waals surface area contributed by atoms with Crippen LogP contribution >= 0.6 is 61.3 Å². The van der Waals surface area contributed by atoms with Gasteiger partial charge in [0.1, 0.15) is 51.6 Å². The highest BCUT2D eigenvalue weighted by Gasteiger charge is 2.24. The van der Waals surface area contributed by atoms with E-state index in [1.807, 2.05) is 0 Å². The molecule has 0 fully saturated rings. The maximum atomic E-state index is 13.7. The van der Waals surface area contributed by atoms with Crippen LogP contribution in [0.3, 0.4) is 0 Å². The summed E-state index contributed by atoms with van der Waals surface area (Å²) in [5.41, 5.74) is -0.0465. The van der Waals surface area contributed by atoms with Crippen molar-refractivity contribution in [2.45, 2.75) is 34.6 Å². The van der Waals surface area contributed by atoms with E-state index in [2.05, 4.69) is 51.8 Å². The quantitative estimate of drug-likeness (QED) is 0.0455.